The molecular weight excluding hydrogens is 332 g/mol. The predicted molar refractivity (Wildman–Crippen MR) is 104 cm³/mol. The molecule has 2 N–H and O–H groups in total. The van der Waals surface area contributed by atoms with Crippen LogP contribution in [0.25, 0.3) is 0 Å². The summed E-state index contributed by atoms with van der Waals surface area (Å²) in [5.74, 6) is 0.0183. The number of aromatic nitrogens is 2. The van der Waals surface area contributed by atoms with E-state index in [0.717, 1.165) is 11.4 Å². The summed E-state index contributed by atoms with van der Waals surface area (Å²) < 4.78 is 1.84. The Morgan fingerprint density at radius 2 is 1.84 bits per heavy atom. The van der Waals surface area contributed by atoms with Gasteiger partial charge in [-0.3, -0.25) is 9.48 Å². The Kier molecular flexibility index (Phi) is 5.20. The van der Waals surface area contributed by atoms with Crippen LogP contribution in [0, 0.1) is 0 Å². The largest absolute Gasteiger partial charge is 0.332 e. The molecule has 0 atom stereocenters. The molecule has 1 aromatic heterocycles. The number of rotatable bonds is 5. The van der Waals surface area contributed by atoms with Crippen molar-refractivity contribution < 1.29 is 4.79 Å². The minimum atomic E-state index is 0.0183. The number of anilines is 2. The number of ketones is 1. The summed E-state index contributed by atoms with van der Waals surface area (Å²) in [6, 6.07) is 17.3. The van der Waals surface area contributed by atoms with E-state index in [0.29, 0.717) is 17.2 Å². The van der Waals surface area contributed by atoms with Crippen LogP contribution in [0.2, 0.25) is 0 Å². The molecule has 0 unspecified atom stereocenters. The van der Waals surface area contributed by atoms with E-state index in [1.165, 1.54) is 12.5 Å². The fraction of sp³-hybridized carbons (Fsp3) is 0.105. The predicted octanol–water partition coefficient (Wildman–Crippen LogP) is 3.94. The summed E-state index contributed by atoms with van der Waals surface area (Å²) in [6.07, 6.45) is 3.62. The maximum atomic E-state index is 11.4. The van der Waals surface area contributed by atoms with Crippen molar-refractivity contribution in [2.24, 2.45) is 0 Å². The smallest absolute Gasteiger partial charge is 0.175 e. The molecule has 5 nitrogen and oxygen atoms in total. The van der Waals surface area contributed by atoms with Crippen LogP contribution >= 0.6 is 12.2 Å². The second-order valence-corrected chi connectivity index (χ2v) is 6.04. The maximum Gasteiger partial charge on any atom is 0.175 e. The first kappa shape index (κ1) is 16.9. The zero-order valence-electron chi connectivity index (χ0n) is 13.8. The van der Waals surface area contributed by atoms with Crippen molar-refractivity contribution >= 4 is 34.5 Å². The van der Waals surface area contributed by atoms with Crippen LogP contribution in [0.5, 0.6) is 0 Å². The summed E-state index contributed by atoms with van der Waals surface area (Å²) in [6.45, 7) is 2.24. The van der Waals surface area contributed by atoms with Crippen molar-refractivity contribution in [1.29, 1.82) is 0 Å². The Morgan fingerprint density at radius 1 is 1.08 bits per heavy atom. The van der Waals surface area contributed by atoms with Crippen molar-refractivity contribution in [3.8, 4) is 0 Å². The van der Waals surface area contributed by atoms with Gasteiger partial charge in [-0.05, 0) is 36.8 Å². The van der Waals surface area contributed by atoms with E-state index in [-0.39, 0.29) is 5.78 Å². The molecule has 2 aromatic carbocycles. The number of carbonyl (C=O) groups excluding carboxylic acids is 1. The molecule has 0 aliphatic carbocycles. The van der Waals surface area contributed by atoms with E-state index in [1.807, 2.05) is 41.2 Å². The topological polar surface area (TPSA) is 59.0 Å². The van der Waals surface area contributed by atoms with Crippen molar-refractivity contribution in [2.45, 2.75) is 13.5 Å². The summed E-state index contributed by atoms with van der Waals surface area (Å²) in [5.41, 5.74) is 3.39. The molecule has 0 bridgehead atoms. The van der Waals surface area contributed by atoms with Crippen LogP contribution in [-0.4, -0.2) is 20.7 Å². The van der Waals surface area contributed by atoms with Gasteiger partial charge in [0.25, 0.3) is 0 Å². The normalized spacial score (nSPS) is 10.3. The van der Waals surface area contributed by atoms with Gasteiger partial charge in [0.2, 0.25) is 0 Å². The van der Waals surface area contributed by atoms with Gasteiger partial charge in [0.15, 0.2) is 10.9 Å². The number of nitrogens with one attached hydrogen (secondary N) is 2. The zero-order chi connectivity index (χ0) is 17.6. The highest BCUT2D eigenvalue weighted by Crippen LogP contribution is 2.13. The number of nitrogens with zero attached hydrogens (tertiary/aromatic N) is 2. The lowest BCUT2D eigenvalue weighted by atomic mass is 10.1. The lowest BCUT2D eigenvalue weighted by Crippen LogP contribution is -2.19. The van der Waals surface area contributed by atoms with Crippen LogP contribution < -0.4 is 10.6 Å². The van der Waals surface area contributed by atoms with Gasteiger partial charge in [-0.15, -0.1) is 0 Å². The van der Waals surface area contributed by atoms with Crippen molar-refractivity contribution in [1.82, 2.24) is 9.78 Å². The standard InChI is InChI=1S/C19H18N4OS/c1-14(24)16-8-5-9-17(10-16)21-19(25)22-18-11-20-23(13-18)12-15-6-3-2-4-7-15/h2-11,13H,12H2,1H3,(H2,21,22,25). The Bertz CT molecular complexity index is 889. The molecule has 1 heterocycles. The fourth-order valence-corrected chi connectivity index (χ4v) is 2.63. The van der Waals surface area contributed by atoms with Gasteiger partial charge in [-0.25, -0.2) is 0 Å². The third-order valence-electron chi connectivity index (χ3n) is 3.61. The first-order valence-electron chi connectivity index (χ1n) is 7.85. The van der Waals surface area contributed by atoms with E-state index >= 15 is 0 Å². The van der Waals surface area contributed by atoms with E-state index < -0.39 is 0 Å². The SMILES string of the molecule is CC(=O)c1cccc(NC(=S)Nc2cnn(Cc3ccccc3)c2)c1. The van der Waals surface area contributed by atoms with Crippen LogP contribution in [0.4, 0.5) is 11.4 Å². The lowest BCUT2D eigenvalue weighted by molar-refractivity contribution is 0.101. The zero-order valence-corrected chi connectivity index (χ0v) is 14.6. The molecule has 0 saturated carbocycles. The number of benzene rings is 2. The lowest BCUT2D eigenvalue weighted by Gasteiger charge is -2.09. The molecule has 0 saturated heterocycles. The summed E-state index contributed by atoms with van der Waals surface area (Å²) >= 11 is 5.32. The molecule has 3 aromatic rings. The van der Waals surface area contributed by atoms with E-state index in [1.54, 1.807) is 18.3 Å². The van der Waals surface area contributed by atoms with Crippen molar-refractivity contribution in [2.75, 3.05) is 10.6 Å². The van der Waals surface area contributed by atoms with Crippen LogP contribution in [0.15, 0.2) is 67.0 Å². The highest BCUT2D eigenvalue weighted by molar-refractivity contribution is 7.80. The molecule has 0 radical (unpaired) electrons. The number of thiocarbonyl (C=S) groups is 1. The first-order chi connectivity index (χ1) is 12.1. The molecule has 126 valence electrons. The van der Waals surface area contributed by atoms with Gasteiger partial charge in [0, 0.05) is 17.4 Å². The molecule has 0 spiro atoms. The second-order valence-electron chi connectivity index (χ2n) is 5.63. The van der Waals surface area contributed by atoms with Gasteiger partial charge in [0.1, 0.15) is 0 Å². The molecule has 0 amide bonds. The quantitative estimate of drug-likeness (QED) is 0.539. The number of hydrogen-bond donors (Lipinski definition) is 2. The molecule has 3 rings (SSSR count). The molecular formula is C19H18N4OS. The van der Waals surface area contributed by atoms with Crippen LogP contribution in [0.3, 0.4) is 0 Å². The number of Topliss-reactive ketones (excluding diaryl/α,β-unsaturated/α-hetero) is 1. The first-order valence-corrected chi connectivity index (χ1v) is 8.26. The Labute approximate surface area is 151 Å². The Balaban J connectivity index is 1.60. The monoisotopic (exact) mass is 350 g/mol. The van der Waals surface area contributed by atoms with Gasteiger partial charge in [-0.1, -0.05) is 42.5 Å². The highest BCUT2D eigenvalue weighted by Gasteiger charge is 2.04. The van der Waals surface area contributed by atoms with Crippen molar-refractivity contribution in [3.63, 3.8) is 0 Å². The summed E-state index contributed by atoms with van der Waals surface area (Å²) in [4.78, 5) is 11.4. The Morgan fingerprint density at radius 3 is 2.60 bits per heavy atom. The summed E-state index contributed by atoms with van der Waals surface area (Å²) in [5, 5.41) is 10.9. The minimum absolute atomic E-state index is 0.0183. The Hall–Kier alpha value is -2.99. The molecule has 0 aliphatic heterocycles. The highest BCUT2D eigenvalue weighted by atomic mass is 32.1. The van der Waals surface area contributed by atoms with Gasteiger partial charge in [-0.2, -0.15) is 5.10 Å². The molecule has 6 heteroatoms. The van der Waals surface area contributed by atoms with E-state index in [2.05, 4.69) is 27.9 Å². The minimum Gasteiger partial charge on any atom is -0.332 e. The fourth-order valence-electron chi connectivity index (χ4n) is 2.39. The van der Waals surface area contributed by atoms with Gasteiger partial charge >= 0.3 is 0 Å². The van der Waals surface area contributed by atoms with Gasteiger partial charge < -0.3 is 10.6 Å². The number of carbonyl (C=O) groups is 1. The third kappa shape index (κ3) is 4.74. The van der Waals surface area contributed by atoms with Crippen LogP contribution in [-0.2, 0) is 6.54 Å². The van der Waals surface area contributed by atoms with Crippen molar-refractivity contribution in [3.05, 3.63) is 78.1 Å². The third-order valence-corrected chi connectivity index (χ3v) is 3.81. The average Bonchev–Trinajstić information content (AvgIpc) is 3.02. The van der Waals surface area contributed by atoms with E-state index in [9.17, 15) is 4.79 Å². The maximum absolute atomic E-state index is 11.4. The molecule has 0 fully saturated rings. The van der Waals surface area contributed by atoms with Crippen LogP contribution in [0.1, 0.15) is 22.8 Å². The molecule has 25 heavy (non-hydrogen) atoms. The second kappa shape index (κ2) is 7.72. The van der Waals surface area contributed by atoms with Gasteiger partial charge in [0.05, 0.1) is 18.4 Å². The average molecular weight is 350 g/mol. The summed E-state index contributed by atoms with van der Waals surface area (Å²) in [7, 11) is 0. The number of hydrogen-bond acceptors (Lipinski definition) is 3. The molecule has 0 aliphatic rings. The van der Waals surface area contributed by atoms with E-state index in [4.69, 9.17) is 12.2 Å².